The van der Waals surface area contributed by atoms with Crippen LogP contribution >= 0.6 is 12.2 Å². The summed E-state index contributed by atoms with van der Waals surface area (Å²) in [5.41, 5.74) is 6.45. The van der Waals surface area contributed by atoms with Gasteiger partial charge in [-0.1, -0.05) is 36.4 Å². The van der Waals surface area contributed by atoms with Gasteiger partial charge < -0.3 is 10.2 Å². The molecule has 2 aromatic carbocycles. The van der Waals surface area contributed by atoms with Crippen LogP contribution in [-0.2, 0) is 4.79 Å². The lowest BCUT2D eigenvalue weighted by Crippen LogP contribution is -3.19. The number of benzene rings is 2. The lowest BCUT2D eigenvalue weighted by molar-refractivity contribution is -0.950. The van der Waals surface area contributed by atoms with Crippen molar-refractivity contribution in [1.29, 1.82) is 0 Å². The van der Waals surface area contributed by atoms with Gasteiger partial charge in [-0.15, -0.1) is 0 Å². The molecule has 1 amide bonds. The third-order valence-corrected chi connectivity index (χ3v) is 5.74. The number of likely N-dealkylation sites (tertiary alicyclic amines) is 1. The van der Waals surface area contributed by atoms with Crippen LogP contribution in [0, 0.1) is 0 Å². The van der Waals surface area contributed by atoms with Crippen molar-refractivity contribution in [2.75, 3.05) is 11.9 Å². The van der Waals surface area contributed by atoms with Gasteiger partial charge in [0.1, 0.15) is 0 Å². The largest absolute Gasteiger partial charge is 0.331 e. The minimum absolute atomic E-state index is 0.0328. The smallest absolute Gasteiger partial charge is 0.244 e. The van der Waals surface area contributed by atoms with Gasteiger partial charge in [-0.3, -0.25) is 15.6 Å². The summed E-state index contributed by atoms with van der Waals surface area (Å²) in [6.07, 6.45) is 4.29. The highest BCUT2D eigenvalue weighted by molar-refractivity contribution is 7.80. The lowest BCUT2D eigenvalue weighted by Gasteiger charge is -2.35. The summed E-state index contributed by atoms with van der Waals surface area (Å²) < 4.78 is 0. The molecule has 0 saturated carbocycles. The minimum Gasteiger partial charge on any atom is -0.331 e. The zero-order chi connectivity index (χ0) is 19.2. The van der Waals surface area contributed by atoms with E-state index in [4.69, 9.17) is 12.2 Å². The third-order valence-electron chi connectivity index (χ3n) is 5.53. The molecule has 0 aromatic heterocycles. The zero-order valence-electron chi connectivity index (χ0n) is 16.0. The zero-order valence-corrected chi connectivity index (χ0v) is 16.9. The second-order valence-corrected chi connectivity index (χ2v) is 7.87. The van der Waals surface area contributed by atoms with E-state index < -0.39 is 0 Å². The molecule has 144 valence electrons. The van der Waals surface area contributed by atoms with E-state index in [1.807, 2.05) is 30.3 Å². The summed E-state index contributed by atoms with van der Waals surface area (Å²) in [5.74, 6) is -0.0328. The van der Waals surface area contributed by atoms with Gasteiger partial charge in [-0.25, -0.2) is 0 Å². The molecule has 0 radical (unpaired) electrons. The summed E-state index contributed by atoms with van der Waals surface area (Å²) in [5, 5.41) is 5.77. The average molecular weight is 386 g/mol. The Labute approximate surface area is 166 Å². The number of hydrazine groups is 1. The predicted molar refractivity (Wildman–Crippen MR) is 115 cm³/mol. The Morgan fingerprint density at radius 2 is 1.78 bits per heavy atom. The number of piperidine rings is 1. The number of hydrogen-bond acceptors (Lipinski definition) is 2. The Hall–Kier alpha value is -2.18. The molecule has 1 heterocycles. The van der Waals surface area contributed by atoms with Crippen molar-refractivity contribution in [3.05, 3.63) is 42.5 Å². The molecule has 1 aliphatic heterocycles. The summed E-state index contributed by atoms with van der Waals surface area (Å²) >= 11 is 5.32. The lowest BCUT2D eigenvalue weighted by atomic mass is 9.97. The van der Waals surface area contributed by atoms with E-state index >= 15 is 0 Å². The molecule has 0 aliphatic carbocycles. The molecule has 0 bridgehead atoms. The molecule has 1 aliphatic rings. The molecular weight excluding hydrogens is 356 g/mol. The van der Waals surface area contributed by atoms with Gasteiger partial charge in [0.05, 0.1) is 25.0 Å². The maximum Gasteiger partial charge on any atom is 0.244 e. The maximum absolute atomic E-state index is 12.2. The Balaban J connectivity index is 1.46. The van der Waals surface area contributed by atoms with Gasteiger partial charge in [0.25, 0.3) is 0 Å². The van der Waals surface area contributed by atoms with Gasteiger partial charge in [-0.2, -0.15) is 0 Å². The number of quaternary nitrogens is 1. The van der Waals surface area contributed by atoms with E-state index in [1.165, 1.54) is 24.2 Å². The highest BCUT2D eigenvalue weighted by atomic mass is 32.1. The van der Waals surface area contributed by atoms with Crippen LogP contribution in [-0.4, -0.2) is 29.6 Å². The first-order chi connectivity index (χ1) is 13.0. The molecule has 0 spiro atoms. The van der Waals surface area contributed by atoms with E-state index in [1.54, 1.807) is 0 Å². The summed E-state index contributed by atoms with van der Waals surface area (Å²) in [4.78, 5) is 13.7. The van der Waals surface area contributed by atoms with E-state index in [9.17, 15) is 4.79 Å². The van der Waals surface area contributed by atoms with Crippen molar-refractivity contribution in [1.82, 2.24) is 10.9 Å². The van der Waals surface area contributed by atoms with Gasteiger partial charge >= 0.3 is 0 Å². The number of amides is 1. The first-order valence-corrected chi connectivity index (χ1v) is 10.1. The molecule has 0 unspecified atom stereocenters. The highest BCUT2D eigenvalue weighted by Crippen LogP contribution is 2.22. The Morgan fingerprint density at radius 1 is 1.07 bits per heavy atom. The molecule has 3 rings (SSSR count). The van der Waals surface area contributed by atoms with Crippen molar-refractivity contribution in [3.63, 3.8) is 0 Å². The normalized spacial score (nSPS) is 20.2. The Morgan fingerprint density at radius 3 is 2.56 bits per heavy atom. The second-order valence-electron chi connectivity index (χ2n) is 7.46. The van der Waals surface area contributed by atoms with Crippen LogP contribution < -0.4 is 21.1 Å². The van der Waals surface area contributed by atoms with Crippen molar-refractivity contribution < 1.29 is 9.69 Å². The third kappa shape index (κ3) is 5.17. The molecule has 2 atom stereocenters. The summed E-state index contributed by atoms with van der Waals surface area (Å²) in [6, 6.07) is 15.4. The number of hydrogen-bond donors (Lipinski definition) is 4. The van der Waals surface area contributed by atoms with Crippen LogP contribution in [0.4, 0.5) is 5.69 Å². The fraction of sp³-hybridized carbons (Fsp3) is 0.429. The molecular formula is C21H29N4OS+. The number of carbonyl (C=O) groups is 1. The second kappa shape index (κ2) is 9.15. The fourth-order valence-corrected chi connectivity index (χ4v) is 4.18. The quantitative estimate of drug-likeness (QED) is 0.482. The Kier molecular flexibility index (Phi) is 6.63. The fourth-order valence-electron chi connectivity index (χ4n) is 4.01. The number of fused-ring (bicyclic) bond motifs is 1. The molecule has 6 heteroatoms. The van der Waals surface area contributed by atoms with Crippen LogP contribution in [0.3, 0.4) is 0 Å². The van der Waals surface area contributed by atoms with E-state index in [-0.39, 0.29) is 5.91 Å². The number of nitrogens with one attached hydrogen (secondary N) is 4. The van der Waals surface area contributed by atoms with Crippen molar-refractivity contribution >= 4 is 39.7 Å². The van der Waals surface area contributed by atoms with Gasteiger partial charge in [0, 0.05) is 11.1 Å². The molecule has 27 heavy (non-hydrogen) atoms. The van der Waals surface area contributed by atoms with Crippen LogP contribution in [0.15, 0.2) is 42.5 Å². The van der Waals surface area contributed by atoms with E-state index in [0.717, 1.165) is 23.0 Å². The first-order valence-electron chi connectivity index (χ1n) is 9.74. The van der Waals surface area contributed by atoms with Gasteiger partial charge in [0.15, 0.2) is 5.11 Å². The van der Waals surface area contributed by atoms with Gasteiger partial charge in [0.2, 0.25) is 5.91 Å². The van der Waals surface area contributed by atoms with Gasteiger partial charge in [-0.05, 0) is 56.8 Å². The van der Waals surface area contributed by atoms with Crippen molar-refractivity contribution in [2.24, 2.45) is 0 Å². The summed E-state index contributed by atoms with van der Waals surface area (Å²) in [7, 11) is 0. The topological polar surface area (TPSA) is 57.6 Å². The number of rotatable bonds is 4. The molecule has 1 fully saturated rings. The van der Waals surface area contributed by atoms with E-state index in [2.05, 4.69) is 42.1 Å². The SMILES string of the molecule is C[C@H]1CCC[C@H](C)[NH+]1CCC(=O)NNC(=S)Nc1cccc2ccccc12. The molecule has 2 aromatic rings. The summed E-state index contributed by atoms with van der Waals surface area (Å²) in [6.45, 7) is 5.42. The standard InChI is InChI=1S/C21H28N4OS/c1-15-7-5-8-16(2)25(15)14-13-20(26)23-24-21(27)22-19-12-6-10-17-9-3-4-11-18(17)19/h3-4,6,9-12,15-16H,5,7-8,13-14H2,1-2H3,(H,23,26)(H2,22,24,27)/p+1/t15-,16-/m0/s1. The predicted octanol–water partition coefficient (Wildman–Crippen LogP) is 2.39. The first kappa shape index (κ1) is 19.6. The minimum atomic E-state index is -0.0328. The molecule has 1 saturated heterocycles. The van der Waals surface area contributed by atoms with Crippen LogP contribution in [0.5, 0.6) is 0 Å². The van der Waals surface area contributed by atoms with Crippen LogP contribution in [0.1, 0.15) is 39.5 Å². The average Bonchev–Trinajstić information content (AvgIpc) is 2.66. The van der Waals surface area contributed by atoms with Crippen molar-refractivity contribution in [3.8, 4) is 0 Å². The number of anilines is 1. The number of thiocarbonyl (C=S) groups is 1. The maximum atomic E-state index is 12.2. The molecule has 4 N–H and O–H groups in total. The number of carbonyl (C=O) groups excluding carboxylic acids is 1. The Bertz CT molecular complexity index is 794. The van der Waals surface area contributed by atoms with Crippen LogP contribution in [0.25, 0.3) is 10.8 Å². The van der Waals surface area contributed by atoms with Crippen LogP contribution in [0.2, 0.25) is 0 Å². The molecule has 5 nitrogen and oxygen atoms in total. The monoisotopic (exact) mass is 385 g/mol. The highest BCUT2D eigenvalue weighted by Gasteiger charge is 2.28. The van der Waals surface area contributed by atoms with E-state index in [0.29, 0.717) is 23.6 Å². The van der Waals surface area contributed by atoms with Crippen molar-refractivity contribution in [2.45, 2.75) is 51.6 Å².